The van der Waals surface area contributed by atoms with Crippen LogP contribution in [0, 0.1) is 22.8 Å². The minimum absolute atomic E-state index is 0. The topological polar surface area (TPSA) is 76.5 Å². The van der Waals surface area contributed by atoms with E-state index >= 15 is 0 Å². The quantitative estimate of drug-likeness (QED) is 0.0843. The van der Waals surface area contributed by atoms with Crippen molar-refractivity contribution in [2.75, 3.05) is 0 Å². The van der Waals surface area contributed by atoms with Gasteiger partial charge in [-0.3, -0.25) is 9.78 Å². The van der Waals surface area contributed by atoms with Crippen molar-refractivity contribution in [1.82, 2.24) is 4.98 Å². The molecule has 1 radical (unpaired) electrons. The molecule has 1 N–H and O–H groups in total. The minimum Gasteiger partial charge on any atom is -0.512 e. The van der Waals surface area contributed by atoms with Crippen LogP contribution >= 0.6 is 0 Å². The zero-order chi connectivity index (χ0) is 37.3. The summed E-state index contributed by atoms with van der Waals surface area (Å²) in [6, 6.07) is 22.6. The number of rotatable bonds is 10. The van der Waals surface area contributed by atoms with Gasteiger partial charge in [-0.05, 0) is 61.3 Å². The number of hydrogen-bond donors (Lipinski definition) is 1. The first-order valence-corrected chi connectivity index (χ1v) is 18.7. The van der Waals surface area contributed by atoms with Gasteiger partial charge >= 0.3 is 0 Å². The Morgan fingerprint density at radius 3 is 2.12 bits per heavy atom. The fourth-order valence-corrected chi connectivity index (χ4v) is 6.69. The van der Waals surface area contributed by atoms with Gasteiger partial charge in [0.2, 0.25) is 0 Å². The predicted octanol–water partition coefficient (Wildman–Crippen LogP) is 13.5. The molecule has 3 aromatic heterocycles. The molecular formula is C46H56IrNO4-. The molecule has 0 aliphatic rings. The summed E-state index contributed by atoms with van der Waals surface area (Å²) in [4.78, 5) is 17.0. The van der Waals surface area contributed by atoms with Crippen LogP contribution in [0.2, 0.25) is 0 Å². The second-order valence-electron chi connectivity index (χ2n) is 16.1. The largest absolute Gasteiger partial charge is 0.512 e. The Balaban J connectivity index is 0.000000289. The number of ketones is 1. The van der Waals surface area contributed by atoms with Crippen molar-refractivity contribution >= 4 is 49.5 Å². The normalized spacial score (nSPS) is 12.8. The number of aliphatic hydroxyl groups is 1. The predicted molar refractivity (Wildman–Crippen MR) is 213 cm³/mol. The zero-order valence-electron chi connectivity index (χ0n) is 32.9. The molecule has 6 rings (SSSR count). The van der Waals surface area contributed by atoms with Crippen molar-refractivity contribution in [3.05, 3.63) is 90.0 Å². The van der Waals surface area contributed by atoms with Crippen LogP contribution < -0.4 is 0 Å². The average Bonchev–Trinajstić information content (AvgIpc) is 3.70. The maximum Gasteiger partial charge on any atom is 0.164 e. The Morgan fingerprint density at radius 1 is 0.846 bits per heavy atom. The fourth-order valence-electron chi connectivity index (χ4n) is 6.69. The van der Waals surface area contributed by atoms with Gasteiger partial charge in [-0.15, -0.1) is 29.1 Å². The van der Waals surface area contributed by atoms with Crippen LogP contribution in [0.1, 0.15) is 113 Å². The smallest absolute Gasteiger partial charge is 0.164 e. The number of carbonyl (C=O) groups excluding carboxylic acids is 1. The first-order valence-electron chi connectivity index (χ1n) is 18.7. The van der Waals surface area contributed by atoms with Crippen molar-refractivity contribution in [2.45, 2.75) is 114 Å². The van der Waals surface area contributed by atoms with Crippen LogP contribution in [0.25, 0.3) is 54.9 Å². The second-order valence-corrected chi connectivity index (χ2v) is 16.1. The molecule has 0 unspecified atom stereocenters. The number of pyridine rings is 1. The summed E-state index contributed by atoms with van der Waals surface area (Å²) >= 11 is 0. The monoisotopic (exact) mass is 879 g/mol. The van der Waals surface area contributed by atoms with E-state index in [1.807, 2.05) is 59.9 Å². The number of hydrogen-bond acceptors (Lipinski definition) is 5. The SMILES string of the molecule is CC(C)Cc1cc2ccc3oc4c(-c5[c-]c6ccccc6c(C(C)(C)C)c5)nccc4c3c2o1.CCC(C)(CC)C(=O)/C=C(\O)C(C)(CC)CC.[Ir]. The summed E-state index contributed by atoms with van der Waals surface area (Å²) in [7, 11) is 0. The van der Waals surface area contributed by atoms with Gasteiger partial charge in [-0.2, -0.15) is 0 Å². The van der Waals surface area contributed by atoms with Gasteiger partial charge < -0.3 is 13.9 Å². The zero-order valence-corrected chi connectivity index (χ0v) is 35.3. The molecule has 0 atom stereocenters. The molecule has 5 nitrogen and oxygen atoms in total. The van der Waals surface area contributed by atoms with E-state index in [1.165, 1.54) is 17.0 Å². The van der Waals surface area contributed by atoms with Crippen LogP contribution in [-0.2, 0) is 36.7 Å². The van der Waals surface area contributed by atoms with Crippen molar-refractivity contribution in [2.24, 2.45) is 16.7 Å². The van der Waals surface area contributed by atoms with E-state index in [2.05, 4.69) is 83.1 Å². The van der Waals surface area contributed by atoms with Gasteiger partial charge in [-0.25, -0.2) is 0 Å². The number of carbonyl (C=O) groups is 1. The molecule has 0 saturated carbocycles. The summed E-state index contributed by atoms with van der Waals surface area (Å²) in [6.07, 6.45) is 7.54. The Kier molecular flexibility index (Phi) is 12.7. The standard InChI is InChI=1S/C31H28NO2.C15H28O2.Ir/c1-18(2)14-22-16-20-10-11-26-27(29(20)33-22)24-12-13-32-28(30(24)34-26)21-15-19-8-6-7-9-23(19)25(17-21)31(3,4)5;1-7-14(5,8-2)12(16)11-13(17)15(6,9-3)10-4;/h6-13,16-18H,14H2,1-5H3;11,16H,7-10H2,1-6H3;/q-1;;/b;12-11-;. The summed E-state index contributed by atoms with van der Waals surface area (Å²) in [5.74, 6) is 1.83. The maximum atomic E-state index is 12.2. The van der Waals surface area contributed by atoms with E-state index in [0.29, 0.717) is 5.92 Å². The molecule has 0 aliphatic heterocycles. The Bertz CT molecular complexity index is 2200. The van der Waals surface area contributed by atoms with Gasteiger partial charge in [0, 0.05) is 66.1 Å². The maximum absolute atomic E-state index is 12.2. The molecule has 6 aromatic rings. The molecule has 0 amide bonds. The molecule has 6 heteroatoms. The van der Waals surface area contributed by atoms with Gasteiger partial charge in [0.1, 0.15) is 28.3 Å². The molecule has 0 bridgehead atoms. The number of allylic oxidation sites excluding steroid dienone is 2. The minimum atomic E-state index is -0.337. The van der Waals surface area contributed by atoms with Crippen LogP contribution in [0.3, 0.4) is 0 Å². The van der Waals surface area contributed by atoms with E-state index in [1.54, 1.807) is 0 Å². The third-order valence-corrected chi connectivity index (χ3v) is 11.1. The van der Waals surface area contributed by atoms with E-state index in [4.69, 9.17) is 13.8 Å². The Morgan fingerprint density at radius 2 is 1.50 bits per heavy atom. The molecule has 279 valence electrons. The fraction of sp³-hybridized carbons (Fsp3) is 0.435. The number of furan rings is 2. The third-order valence-electron chi connectivity index (χ3n) is 11.1. The van der Waals surface area contributed by atoms with E-state index < -0.39 is 0 Å². The van der Waals surface area contributed by atoms with Gasteiger partial charge in [0.15, 0.2) is 5.78 Å². The Hall–Kier alpha value is -3.73. The van der Waals surface area contributed by atoms with Crippen LogP contribution in [0.4, 0.5) is 0 Å². The van der Waals surface area contributed by atoms with Crippen molar-refractivity contribution in [3.8, 4) is 11.3 Å². The molecule has 0 fully saturated rings. The summed E-state index contributed by atoms with van der Waals surface area (Å²) in [6.45, 7) is 23.2. The molecule has 52 heavy (non-hydrogen) atoms. The van der Waals surface area contributed by atoms with Crippen molar-refractivity contribution < 1.29 is 38.8 Å². The van der Waals surface area contributed by atoms with Crippen molar-refractivity contribution in [3.63, 3.8) is 0 Å². The summed E-state index contributed by atoms with van der Waals surface area (Å²) < 4.78 is 12.8. The number of aliphatic hydroxyl groups excluding tert-OH is 1. The first kappa shape index (κ1) is 41.0. The second kappa shape index (κ2) is 16.1. The number of aromatic nitrogens is 1. The van der Waals surface area contributed by atoms with E-state index in [9.17, 15) is 9.90 Å². The Labute approximate surface area is 323 Å². The molecule has 0 saturated heterocycles. The molecule has 3 heterocycles. The summed E-state index contributed by atoms with van der Waals surface area (Å²) in [5, 5.41) is 15.6. The molecule has 3 aromatic carbocycles. The van der Waals surface area contributed by atoms with Crippen LogP contribution in [-0.4, -0.2) is 15.9 Å². The van der Waals surface area contributed by atoms with Gasteiger partial charge in [0.25, 0.3) is 0 Å². The molecular weight excluding hydrogens is 823 g/mol. The molecule has 0 spiro atoms. The van der Waals surface area contributed by atoms with Gasteiger partial charge in [0.05, 0.1) is 5.39 Å². The number of nitrogens with zero attached hydrogens (tertiary/aromatic N) is 1. The number of benzene rings is 3. The van der Waals surface area contributed by atoms with Crippen LogP contribution in [0.15, 0.2) is 81.5 Å². The van der Waals surface area contributed by atoms with E-state index in [0.717, 1.165) is 87.4 Å². The van der Waals surface area contributed by atoms with Gasteiger partial charge in [-0.1, -0.05) is 105 Å². The van der Waals surface area contributed by atoms with Crippen molar-refractivity contribution in [1.29, 1.82) is 0 Å². The first-order chi connectivity index (χ1) is 24.1. The summed E-state index contributed by atoms with van der Waals surface area (Å²) in [5.41, 5.74) is 4.90. The van der Waals surface area contributed by atoms with E-state index in [-0.39, 0.29) is 47.9 Å². The third kappa shape index (κ3) is 8.09. The number of fused-ring (bicyclic) bond motifs is 6. The molecule has 0 aliphatic carbocycles. The van der Waals surface area contributed by atoms with Crippen LogP contribution in [0.5, 0.6) is 0 Å². The average molecular weight is 879 g/mol.